The van der Waals surface area contributed by atoms with E-state index < -0.39 is 21.2 Å². The maximum absolute atomic E-state index is 12.3. The van der Waals surface area contributed by atoms with Gasteiger partial charge in [-0.25, -0.2) is 18.1 Å². The Morgan fingerprint density at radius 1 is 1.18 bits per heavy atom. The molecule has 3 rings (SSSR count). The van der Waals surface area contributed by atoms with Crippen LogP contribution in [0, 0.1) is 6.57 Å². The smallest absolute Gasteiger partial charge is 0.351 e. The number of aromatic nitrogens is 1. The van der Waals surface area contributed by atoms with Crippen LogP contribution in [0.1, 0.15) is 37.0 Å². The molecule has 2 N–H and O–H groups in total. The number of anilines is 1. The number of ether oxygens (including phenoxy) is 1. The van der Waals surface area contributed by atoms with Crippen LogP contribution in [0.15, 0.2) is 48.5 Å². The summed E-state index contributed by atoms with van der Waals surface area (Å²) < 4.78 is 34.5. The highest BCUT2D eigenvalue weighted by Crippen LogP contribution is 2.40. The quantitative estimate of drug-likeness (QED) is 0.429. The molecule has 1 aromatic heterocycles. The second-order valence-corrected chi connectivity index (χ2v) is 9.90. The molecule has 3 aromatic rings. The highest BCUT2D eigenvalue weighted by molar-refractivity contribution is 7.93. The number of sulfonamides is 1. The van der Waals surface area contributed by atoms with E-state index in [0.29, 0.717) is 46.1 Å². The Morgan fingerprint density at radius 2 is 1.82 bits per heavy atom. The molecule has 0 aliphatic carbocycles. The molecule has 0 aliphatic heterocycles. The Labute approximate surface area is 193 Å². The Balaban J connectivity index is 1.97. The Bertz CT molecular complexity index is 1330. The van der Waals surface area contributed by atoms with E-state index in [0.717, 1.165) is 0 Å². The topological polar surface area (TPSA) is 102 Å². The van der Waals surface area contributed by atoms with Crippen molar-refractivity contribution in [2.24, 2.45) is 7.05 Å². The minimum atomic E-state index is -3.55. The second-order valence-electron chi connectivity index (χ2n) is 7.67. The number of carbonyl (C=O) groups is 1. The van der Waals surface area contributed by atoms with Gasteiger partial charge < -0.3 is 14.4 Å². The molecule has 0 saturated carbocycles. The number of rotatable bonds is 8. The lowest BCUT2D eigenvalue weighted by Gasteiger charge is -2.15. The average Bonchev–Trinajstić information content (AvgIpc) is 3.06. The second kappa shape index (κ2) is 9.38. The first kappa shape index (κ1) is 23.9. The summed E-state index contributed by atoms with van der Waals surface area (Å²) in [5.74, 6) is -0.345. The highest BCUT2D eigenvalue weighted by Gasteiger charge is 2.25. The fraction of sp³-hybridized carbons (Fsp3) is 0.250. The Kier molecular flexibility index (Phi) is 6.79. The predicted octanol–water partition coefficient (Wildman–Crippen LogP) is 5.45. The first-order chi connectivity index (χ1) is 15.6. The zero-order chi connectivity index (χ0) is 24.3. The highest BCUT2D eigenvalue weighted by atomic mass is 32.2. The summed E-state index contributed by atoms with van der Waals surface area (Å²) in [7, 11) is -1.90. The van der Waals surface area contributed by atoms with E-state index in [-0.39, 0.29) is 5.69 Å². The van der Waals surface area contributed by atoms with Gasteiger partial charge in [0, 0.05) is 18.3 Å². The lowest BCUT2D eigenvalue weighted by atomic mass is 10.0. The molecule has 33 heavy (non-hydrogen) atoms. The van der Waals surface area contributed by atoms with Gasteiger partial charge >= 0.3 is 5.97 Å². The number of carboxylic acids is 1. The van der Waals surface area contributed by atoms with E-state index in [2.05, 4.69) is 9.57 Å². The Hall–Kier alpha value is -3.77. The van der Waals surface area contributed by atoms with Crippen molar-refractivity contribution in [2.75, 3.05) is 4.72 Å². The molecule has 9 heteroatoms. The molecule has 0 radical (unpaired) electrons. The van der Waals surface area contributed by atoms with Crippen molar-refractivity contribution in [3.8, 4) is 22.6 Å². The molecular formula is C24H25N3O5S. The SMILES string of the molecule is [C-]#[N+]c1c(-c2ccc(Oc3ccccc3NS(=O)(=O)C(C)C)cc2)c(C(=O)O)n(C)c1CC. The molecule has 0 fully saturated rings. The molecule has 0 unspecified atom stereocenters. The normalized spacial score (nSPS) is 11.3. The van der Waals surface area contributed by atoms with E-state index >= 15 is 0 Å². The molecule has 172 valence electrons. The molecule has 0 aliphatic rings. The molecule has 0 spiro atoms. The fourth-order valence-corrected chi connectivity index (χ4v) is 4.21. The van der Waals surface area contributed by atoms with E-state index in [9.17, 15) is 18.3 Å². The van der Waals surface area contributed by atoms with Crippen LogP contribution in [0.3, 0.4) is 0 Å². The lowest BCUT2D eigenvalue weighted by Crippen LogP contribution is -2.22. The van der Waals surface area contributed by atoms with E-state index in [1.54, 1.807) is 74.0 Å². The Morgan fingerprint density at radius 3 is 2.36 bits per heavy atom. The summed E-state index contributed by atoms with van der Waals surface area (Å²) in [4.78, 5) is 15.5. The number of benzene rings is 2. The van der Waals surface area contributed by atoms with Gasteiger partial charge in [-0.3, -0.25) is 4.72 Å². The van der Waals surface area contributed by atoms with Crippen molar-refractivity contribution in [2.45, 2.75) is 32.4 Å². The summed E-state index contributed by atoms with van der Waals surface area (Å²) >= 11 is 0. The van der Waals surface area contributed by atoms with Crippen molar-refractivity contribution in [3.63, 3.8) is 0 Å². The van der Waals surface area contributed by atoms with Crippen LogP contribution in [0.25, 0.3) is 16.0 Å². The van der Waals surface area contributed by atoms with E-state index in [1.165, 1.54) is 0 Å². The molecule has 0 atom stereocenters. The average molecular weight is 468 g/mol. The first-order valence-electron chi connectivity index (χ1n) is 10.3. The lowest BCUT2D eigenvalue weighted by molar-refractivity contribution is 0.0687. The minimum Gasteiger partial charge on any atom is -0.477 e. The summed E-state index contributed by atoms with van der Waals surface area (Å²) in [6.45, 7) is 12.6. The summed E-state index contributed by atoms with van der Waals surface area (Å²) in [5.41, 5.74) is 2.29. The number of carboxylic acid groups (broad SMARTS) is 1. The van der Waals surface area contributed by atoms with Crippen molar-refractivity contribution in [1.82, 2.24) is 4.57 Å². The van der Waals surface area contributed by atoms with Gasteiger partial charge in [0.2, 0.25) is 15.7 Å². The molecule has 0 bridgehead atoms. The van der Waals surface area contributed by atoms with Gasteiger partial charge in [0.05, 0.1) is 17.5 Å². The molecule has 8 nitrogen and oxygen atoms in total. The van der Waals surface area contributed by atoms with Crippen LogP contribution < -0.4 is 9.46 Å². The van der Waals surface area contributed by atoms with Crippen molar-refractivity contribution in [1.29, 1.82) is 0 Å². The number of hydrogen-bond donors (Lipinski definition) is 2. The largest absolute Gasteiger partial charge is 0.477 e. The molecule has 1 heterocycles. The zero-order valence-corrected chi connectivity index (χ0v) is 19.6. The van der Waals surface area contributed by atoms with Crippen LogP contribution in [0.2, 0.25) is 0 Å². The van der Waals surface area contributed by atoms with Gasteiger partial charge in [-0.2, -0.15) is 0 Å². The maximum Gasteiger partial charge on any atom is 0.351 e. The monoisotopic (exact) mass is 467 g/mol. The van der Waals surface area contributed by atoms with Crippen molar-refractivity contribution in [3.05, 3.63) is 71.3 Å². The molecule has 2 aromatic carbocycles. The third-order valence-corrected chi connectivity index (χ3v) is 7.01. The number of aromatic carboxylic acids is 1. The zero-order valence-electron chi connectivity index (χ0n) is 18.8. The summed E-state index contributed by atoms with van der Waals surface area (Å²) in [6.07, 6.45) is 0.527. The van der Waals surface area contributed by atoms with Crippen LogP contribution in [-0.2, 0) is 23.5 Å². The molecule has 0 amide bonds. The fourth-order valence-electron chi connectivity index (χ4n) is 3.49. The summed E-state index contributed by atoms with van der Waals surface area (Å²) in [5, 5.41) is 9.14. The van der Waals surface area contributed by atoms with Crippen molar-refractivity contribution < 1.29 is 23.1 Å². The number of nitrogens with one attached hydrogen (secondary N) is 1. The van der Waals surface area contributed by atoms with Gasteiger partial charge in [-0.15, -0.1) is 0 Å². The molecular weight excluding hydrogens is 442 g/mol. The van der Waals surface area contributed by atoms with Crippen LogP contribution in [0.4, 0.5) is 11.4 Å². The number of para-hydroxylation sites is 2. The molecule has 0 saturated heterocycles. The third-order valence-electron chi connectivity index (χ3n) is 5.27. The van der Waals surface area contributed by atoms with Crippen LogP contribution >= 0.6 is 0 Å². The van der Waals surface area contributed by atoms with Crippen LogP contribution in [-0.4, -0.2) is 29.3 Å². The van der Waals surface area contributed by atoms with Crippen LogP contribution in [0.5, 0.6) is 11.5 Å². The van der Waals surface area contributed by atoms with Gasteiger partial charge in [0.15, 0.2) is 5.75 Å². The standard InChI is InChI=1S/C24H25N3O5S/c1-6-19-22(25-4)21(23(24(28)29)27(19)5)16-11-13-17(14-12-16)32-20-10-8-7-9-18(20)26-33(30,31)15(2)3/h7-15,26H,6H2,1-3,5H3,(H,28,29). The number of hydrogen-bond acceptors (Lipinski definition) is 4. The predicted molar refractivity (Wildman–Crippen MR) is 128 cm³/mol. The summed E-state index contributed by atoms with van der Waals surface area (Å²) in [6, 6.07) is 13.4. The maximum atomic E-state index is 12.3. The minimum absolute atomic E-state index is 0.0555. The number of nitrogens with zero attached hydrogens (tertiary/aromatic N) is 2. The van der Waals surface area contributed by atoms with E-state index in [4.69, 9.17) is 11.3 Å². The van der Waals surface area contributed by atoms with Gasteiger partial charge in [-0.1, -0.05) is 31.2 Å². The third kappa shape index (κ3) is 4.71. The van der Waals surface area contributed by atoms with Crippen molar-refractivity contribution >= 4 is 27.4 Å². The van der Waals surface area contributed by atoms with Gasteiger partial charge in [0.25, 0.3) is 0 Å². The van der Waals surface area contributed by atoms with Gasteiger partial charge in [-0.05, 0) is 50.1 Å². The van der Waals surface area contributed by atoms with E-state index in [1.807, 2.05) is 6.92 Å². The van der Waals surface area contributed by atoms with Gasteiger partial charge in [0.1, 0.15) is 11.4 Å². The first-order valence-corrected chi connectivity index (χ1v) is 11.9.